The number of ether oxygens (including phenoxy) is 2. The zero-order valence-corrected chi connectivity index (χ0v) is 22.3. The first-order valence-electron chi connectivity index (χ1n) is 13.0. The van der Waals surface area contributed by atoms with E-state index in [1.165, 1.54) is 0 Å². The quantitative estimate of drug-likeness (QED) is 0.399. The van der Waals surface area contributed by atoms with Gasteiger partial charge in [0.05, 0.1) is 25.5 Å². The van der Waals surface area contributed by atoms with E-state index in [0.29, 0.717) is 47.9 Å². The van der Waals surface area contributed by atoms with Crippen molar-refractivity contribution in [3.63, 3.8) is 0 Å². The molecule has 0 atom stereocenters. The summed E-state index contributed by atoms with van der Waals surface area (Å²) in [6.07, 6.45) is 3.25. The Morgan fingerprint density at radius 2 is 1.82 bits per heavy atom. The molecule has 1 aromatic carbocycles. The van der Waals surface area contributed by atoms with E-state index in [1.807, 2.05) is 42.2 Å². The summed E-state index contributed by atoms with van der Waals surface area (Å²) in [4.78, 5) is 29.6. The topological polar surface area (TPSA) is 105 Å². The SMILES string of the molecule is COc1cc(Nc2cc(N3CCOc4cnc(-c5cccc(C)n5)nc43)ncn2)ccc1N1CCN(C)CC1. The van der Waals surface area contributed by atoms with Crippen LogP contribution in [-0.2, 0) is 0 Å². The van der Waals surface area contributed by atoms with Crippen LogP contribution < -0.4 is 24.6 Å². The van der Waals surface area contributed by atoms with Gasteiger partial charge in [-0.3, -0.25) is 0 Å². The molecule has 39 heavy (non-hydrogen) atoms. The first kappa shape index (κ1) is 24.8. The molecule has 2 aliphatic heterocycles. The van der Waals surface area contributed by atoms with Crippen molar-refractivity contribution in [2.45, 2.75) is 6.92 Å². The molecule has 0 amide bonds. The van der Waals surface area contributed by atoms with E-state index in [2.05, 4.69) is 54.2 Å². The summed E-state index contributed by atoms with van der Waals surface area (Å²) in [6.45, 7) is 7.05. The van der Waals surface area contributed by atoms with E-state index >= 15 is 0 Å². The van der Waals surface area contributed by atoms with Crippen molar-refractivity contribution < 1.29 is 9.47 Å². The highest BCUT2D eigenvalue weighted by atomic mass is 16.5. The number of anilines is 5. The van der Waals surface area contributed by atoms with E-state index < -0.39 is 0 Å². The first-order valence-corrected chi connectivity index (χ1v) is 13.0. The highest BCUT2D eigenvalue weighted by Gasteiger charge is 2.24. The summed E-state index contributed by atoms with van der Waals surface area (Å²) < 4.78 is 11.6. The lowest BCUT2D eigenvalue weighted by Crippen LogP contribution is -2.44. The number of hydrogen-bond acceptors (Lipinski definition) is 11. The van der Waals surface area contributed by atoms with Crippen molar-refractivity contribution in [2.24, 2.45) is 0 Å². The minimum atomic E-state index is 0.496. The van der Waals surface area contributed by atoms with Gasteiger partial charge in [0.1, 0.15) is 36.0 Å². The molecule has 1 saturated heterocycles. The van der Waals surface area contributed by atoms with Crippen LogP contribution in [0.2, 0.25) is 0 Å². The van der Waals surface area contributed by atoms with Gasteiger partial charge in [0.2, 0.25) is 0 Å². The molecular weight excluding hydrogens is 494 g/mol. The Bertz CT molecular complexity index is 1470. The molecule has 0 radical (unpaired) electrons. The second-order valence-corrected chi connectivity index (χ2v) is 9.61. The van der Waals surface area contributed by atoms with E-state index in [9.17, 15) is 0 Å². The summed E-state index contributed by atoms with van der Waals surface area (Å²) >= 11 is 0. The standard InChI is InChI=1S/C28H31N9O2/c1-19-5-4-6-21(32-19)27-29-17-24-28(34-27)37(13-14-39-24)26-16-25(30-18-31-26)33-20-7-8-22(23(15-20)38-3)36-11-9-35(2)10-12-36/h4-8,15-18H,9-14H2,1-3H3,(H,30,31,33). The number of methoxy groups -OCH3 is 1. The molecule has 0 unspecified atom stereocenters. The minimum Gasteiger partial charge on any atom is -0.495 e. The Morgan fingerprint density at radius 1 is 0.949 bits per heavy atom. The maximum absolute atomic E-state index is 5.84. The Hall–Kier alpha value is -4.51. The molecule has 11 heteroatoms. The van der Waals surface area contributed by atoms with E-state index in [1.54, 1.807) is 19.6 Å². The Morgan fingerprint density at radius 3 is 2.64 bits per heavy atom. The van der Waals surface area contributed by atoms with E-state index in [-0.39, 0.29) is 0 Å². The van der Waals surface area contributed by atoms with Crippen LogP contribution in [0, 0.1) is 6.92 Å². The number of nitrogens with zero attached hydrogens (tertiary/aromatic N) is 8. The normalized spacial score (nSPS) is 15.5. The number of aromatic nitrogens is 5. The van der Waals surface area contributed by atoms with Gasteiger partial charge in [0.15, 0.2) is 17.4 Å². The van der Waals surface area contributed by atoms with Crippen LogP contribution in [0.3, 0.4) is 0 Å². The smallest absolute Gasteiger partial charge is 0.181 e. The fourth-order valence-corrected chi connectivity index (χ4v) is 4.80. The first-order chi connectivity index (χ1) is 19.1. The molecule has 3 aromatic heterocycles. The minimum absolute atomic E-state index is 0.496. The van der Waals surface area contributed by atoms with Gasteiger partial charge in [-0.15, -0.1) is 0 Å². The van der Waals surface area contributed by atoms with Crippen molar-refractivity contribution in [3.8, 4) is 23.0 Å². The van der Waals surface area contributed by atoms with E-state index in [0.717, 1.165) is 49.0 Å². The Kier molecular flexibility index (Phi) is 6.80. The summed E-state index contributed by atoms with van der Waals surface area (Å²) in [5.74, 6) is 3.99. The number of rotatable bonds is 6. The number of pyridine rings is 1. The van der Waals surface area contributed by atoms with Gasteiger partial charge in [-0.1, -0.05) is 6.07 Å². The van der Waals surface area contributed by atoms with Gasteiger partial charge in [-0.2, -0.15) is 0 Å². The van der Waals surface area contributed by atoms with Crippen LogP contribution >= 0.6 is 0 Å². The van der Waals surface area contributed by atoms with Crippen LogP contribution in [0.15, 0.2) is 55.0 Å². The van der Waals surface area contributed by atoms with Crippen LogP contribution in [0.25, 0.3) is 11.5 Å². The second kappa shape index (κ2) is 10.7. The zero-order valence-electron chi connectivity index (χ0n) is 22.3. The van der Waals surface area contributed by atoms with Crippen LogP contribution in [-0.4, -0.2) is 83.3 Å². The van der Waals surface area contributed by atoms with Crippen molar-refractivity contribution in [1.29, 1.82) is 0 Å². The molecule has 0 saturated carbocycles. The number of piperazine rings is 1. The highest BCUT2D eigenvalue weighted by Crippen LogP contribution is 2.36. The monoisotopic (exact) mass is 525 g/mol. The molecule has 6 rings (SSSR count). The number of nitrogens with one attached hydrogen (secondary N) is 1. The lowest BCUT2D eigenvalue weighted by atomic mass is 10.2. The third-order valence-electron chi connectivity index (χ3n) is 6.91. The average Bonchev–Trinajstić information content (AvgIpc) is 2.97. The zero-order chi connectivity index (χ0) is 26.8. The van der Waals surface area contributed by atoms with Crippen molar-refractivity contribution in [1.82, 2.24) is 29.8 Å². The molecule has 0 spiro atoms. The summed E-state index contributed by atoms with van der Waals surface area (Å²) in [5, 5.41) is 3.40. The largest absolute Gasteiger partial charge is 0.495 e. The van der Waals surface area contributed by atoms with Gasteiger partial charge >= 0.3 is 0 Å². The molecule has 200 valence electrons. The second-order valence-electron chi connectivity index (χ2n) is 9.61. The van der Waals surface area contributed by atoms with Gasteiger partial charge in [0.25, 0.3) is 0 Å². The lowest BCUT2D eigenvalue weighted by molar-refractivity contribution is 0.310. The van der Waals surface area contributed by atoms with Crippen molar-refractivity contribution in [3.05, 3.63) is 60.7 Å². The highest BCUT2D eigenvalue weighted by molar-refractivity contribution is 5.71. The number of benzene rings is 1. The maximum atomic E-state index is 5.84. The molecule has 0 aliphatic carbocycles. The maximum Gasteiger partial charge on any atom is 0.181 e. The molecule has 5 heterocycles. The summed E-state index contributed by atoms with van der Waals surface area (Å²) in [5.41, 5.74) is 3.60. The third-order valence-corrected chi connectivity index (χ3v) is 6.91. The molecule has 2 aliphatic rings. The van der Waals surface area contributed by atoms with Crippen LogP contribution in [0.4, 0.5) is 28.8 Å². The average molecular weight is 526 g/mol. The fraction of sp³-hybridized carbons (Fsp3) is 0.321. The molecule has 4 aromatic rings. The van der Waals surface area contributed by atoms with Gasteiger partial charge < -0.3 is 29.5 Å². The molecule has 1 fully saturated rings. The lowest BCUT2D eigenvalue weighted by Gasteiger charge is -2.34. The number of hydrogen-bond donors (Lipinski definition) is 1. The predicted molar refractivity (Wildman–Crippen MR) is 151 cm³/mol. The van der Waals surface area contributed by atoms with Gasteiger partial charge in [-0.05, 0) is 38.2 Å². The van der Waals surface area contributed by atoms with Gasteiger partial charge in [-0.25, -0.2) is 24.9 Å². The third kappa shape index (κ3) is 5.26. The van der Waals surface area contributed by atoms with Gasteiger partial charge in [0, 0.05) is 49.7 Å². The Balaban J connectivity index is 1.25. The van der Waals surface area contributed by atoms with E-state index in [4.69, 9.17) is 14.5 Å². The van der Waals surface area contributed by atoms with Crippen LogP contribution in [0.5, 0.6) is 11.5 Å². The fourth-order valence-electron chi connectivity index (χ4n) is 4.80. The molecule has 11 nitrogen and oxygen atoms in total. The number of aryl methyl sites for hydroxylation is 1. The molecule has 0 bridgehead atoms. The Labute approximate surface area is 227 Å². The van der Waals surface area contributed by atoms with Crippen LogP contribution in [0.1, 0.15) is 5.69 Å². The molecular formula is C28H31N9O2. The van der Waals surface area contributed by atoms with Crippen molar-refractivity contribution >= 4 is 28.8 Å². The predicted octanol–water partition coefficient (Wildman–Crippen LogP) is 3.67. The van der Waals surface area contributed by atoms with Crippen molar-refractivity contribution in [2.75, 3.05) is 68.6 Å². The summed E-state index contributed by atoms with van der Waals surface area (Å²) in [6, 6.07) is 13.9. The summed E-state index contributed by atoms with van der Waals surface area (Å²) in [7, 11) is 3.86. The molecule has 1 N–H and O–H groups in total. The number of fused-ring (bicyclic) bond motifs is 1. The number of likely N-dealkylation sites (N-methyl/N-ethyl adjacent to an activating group) is 1.